The summed E-state index contributed by atoms with van der Waals surface area (Å²) in [5, 5.41) is 9.81. The molecule has 1 N–H and O–H groups in total. The first kappa shape index (κ1) is 30.9. The summed E-state index contributed by atoms with van der Waals surface area (Å²) in [6.45, 7) is 2.58. The molecule has 2 aromatic rings. The number of hydrogen-bond acceptors (Lipinski definition) is 11. The summed E-state index contributed by atoms with van der Waals surface area (Å²) in [6, 6.07) is 12.2. The highest BCUT2D eigenvalue weighted by Crippen LogP contribution is 2.29. The smallest absolute Gasteiger partial charge is 0.340 e. The van der Waals surface area contributed by atoms with E-state index < -0.39 is 27.8 Å². The van der Waals surface area contributed by atoms with E-state index in [1.165, 1.54) is 24.9 Å². The zero-order chi connectivity index (χ0) is 29.1. The molecule has 0 saturated carbocycles. The Bertz CT molecular complexity index is 1350. The van der Waals surface area contributed by atoms with Gasteiger partial charge in [0.05, 0.1) is 42.7 Å². The summed E-state index contributed by atoms with van der Waals surface area (Å²) in [7, 11) is -2.53. The number of carbonyl (C=O) groups excluding carboxylic acids is 3. The Labute approximate surface area is 238 Å². The Morgan fingerprint density at radius 3 is 2.52 bits per heavy atom. The van der Waals surface area contributed by atoms with Gasteiger partial charge in [0.1, 0.15) is 11.9 Å². The van der Waals surface area contributed by atoms with E-state index in [0.717, 1.165) is 0 Å². The van der Waals surface area contributed by atoms with Gasteiger partial charge in [0.25, 0.3) is 0 Å². The van der Waals surface area contributed by atoms with Gasteiger partial charge in [-0.05, 0) is 31.4 Å². The van der Waals surface area contributed by atoms with Crippen LogP contribution in [-0.4, -0.2) is 63.8 Å². The van der Waals surface area contributed by atoms with Crippen molar-refractivity contribution in [3.05, 3.63) is 58.8 Å². The molecule has 1 aromatic heterocycles. The third-order valence-corrected chi connectivity index (χ3v) is 8.43. The number of hydrogen-bond donors (Lipinski definition) is 1. The van der Waals surface area contributed by atoms with Crippen molar-refractivity contribution in [2.24, 2.45) is 5.92 Å². The number of methoxy groups -OCH3 is 1. The molecule has 0 aliphatic carbocycles. The summed E-state index contributed by atoms with van der Waals surface area (Å²) in [5.74, 6) is -1.14. The number of aromatic nitrogens is 1. The number of ether oxygens (including phenoxy) is 2. The van der Waals surface area contributed by atoms with E-state index in [9.17, 15) is 28.1 Å². The number of rotatable bonds is 12. The van der Waals surface area contributed by atoms with Crippen LogP contribution >= 0.6 is 11.8 Å². The van der Waals surface area contributed by atoms with Crippen LogP contribution in [-0.2, 0) is 40.6 Å². The van der Waals surface area contributed by atoms with E-state index in [4.69, 9.17) is 4.74 Å². The Kier molecular flexibility index (Phi) is 11.3. The Balaban J connectivity index is 1.70. The molecular weight excluding hydrogens is 556 g/mol. The van der Waals surface area contributed by atoms with Crippen LogP contribution < -0.4 is 9.62 Å². The van der Waals surface area contributed by atoms with Crippen molar-refractivity contribution in [2.45, 2.75) is 37.7 Å². The number of carbonyl (C=O) groups is 3. The maximum Gasteiger partial charge on any atom is 0.340 e. The Hall–Kier alpha value is -3.63. The molecule has 1 aliphatic heterocycles. The molecule has 1 fully saturated rings. The molecule has 1 saturated heterocycles. The van der Waals surface area contributed by atoms with Crippen molar-refractivity contribution in [3.63, 3.8) is 0 Å². The lowest BCUT2D eigenvalue weighted by molar-refractivity contribution is -0.140. The van der Waals surface area contributed by atoms with E-state index in [2.05, 4.69) is 20.5 Å². The second kappa shape index (κ2) is 14.7. The molecule has 0 spiro atoms. The van der Waals surface area contributed by atoms with Crippen molar-refractivity contribution in [1.82, 2.24) is 9.71 Å². The maximum absolute atomic E-state index is 12.8. The van der Waals surface area contributed by atoms with Crippen molar-refractivity contribution < 1.29 is 32.3 Å². The van der Waals surface area contributed by atoms with Crippen molar-refractivity contribution in [1.29, 1.82) is 5.26 Å². The van der Waals surface area contributed by atoms with Crippen molar-refractivity contribution in [3.8, 4) is 6.07 Å². The van der Waals surface area contributed by atoms with Crippen LogP contribution in [0.1, 0.15) is 53.4 Å². The predicted octanol–water partition coefficient (Wildman–Crippen LogP) is 2.79. The summed E-state index contributed by atoms with van der Waals surface area (Å²) < 4.78 is 37.0. The number of esters is 2. The Morgan fingerprint density at radius 1 is 1.20 bits per heavy atom. The highest BCUT2D eigenvalue weighted by Gasteiger charge is 2.30. The molecular formula is C27H32N4O7S2. The SMILES string of the molecule is CCOC(=O)c1cc(C#N)c(N2CCC(C(=O)NS(=O)(=O)Cc3ccccc3)CC2)nc1CSCCC(=O)OC. The van der Waals surface area contributed by atoms with E-state index in [1.54, 1.807) is 37.3 Å². The minimum Gasteiger partial charge on any atom is -0.469 e. The molecule has 1 aliphatic rings. The van der Waals surface area contributed by atoms with Gasteiger partial charge in [0.15, 0.2) is 0 Å². The van der Waals surface area contributed by atoms with Gasteiger partial charge >= 0.3 is 11.9 Å². The van der Waals surface area contributed by atoms with Crippen LogP contribution in [0.4, 0.5) is 5.82 Å². The summed E-state index contributed by atoms with van der Waals surface area (Å²) in [5.41, 5.74) is 1.39. The second-order valence-corrected chi connectivity index (χ2v) is 11.9. The van der Waals surface area contributed by atoms with Gasteiger partial charge in [-0.25, -0.2) is 18.2 Å². The monoisotopic (exact) mass is 588 g/mol. The third-order valence-electron chi connectivity index (χ3n) is 6.24. The van der Waals surface area contributed by atoms with Gasteiger partial charge in [-0.3, -0.25) is 14.3 Å². The number of thioether (sulfide) groups is 1. The van der Waals surface area contributed by atoms with E-state index >= 15 is 0 Å². The summed E-state index contributed by atoms with van der Waals surface area (Å²) >= 11 is 1.40. The standard InChI is InChI=1S/C27H32N4O7S2/c1-3-38-27(34)22-15-21(16-28)25(29-23(22)17-39-14-11-24(32)37-2)31-12-9-20(10-13-31)26(33)30-40(35,36)18-19-7-5-4-6-8-19/h4-8,15,20H,3,9-14,17-18H2,1-2H3,(H,30,33). The van der Waals surface area contributed by atoms with Crippen LogP contribution in [0.2, 0.25) is 0 Å². The molecule has 11 nitrogen and oxygen atoms in total. The van der Waals surface area contributed by atoms with Gasteiger partial charge in [-0.2, -0.15) is 17.0 Å². The lowest BCUT2D eigenvalue weighted by Crippen LogP contribution is -2.43. The molecule has 0 unspecified atom stereocenters. The molecule has 0 bridgehead atoms. The zero-order valence-electron chi connectivity index (χ0n) is 22.4. The van der Waals surface area contributed by atoms with Crippen LogP contribution in [0.15, 0.2) is 36.4 Å². The van der Waals surface area contributed by atoms with Crippen LogP contribution in [0.3, 0.4) is 0 Å². The van der Waals surface area contributed by atoms with E-state index in [0.29, 0.717) is 54.5 Å². The van der Waals surface area contributed by atoms with Crippen molar-refractivity contribution in [2.75, 3.05) is 37.5 Å². The Morgan fingerprint density at radius 2 is 1.90 bits per heavy atom. The fraction of sp³-hybridized carbons (Fsp3) is 0.444. The summed E-state index contributed by atoms with van der Waals surface area (Å²) in [4.78, 5) is 43.3. The number of nitrogens with zero attached hydrogens (tertiary/aromatic N) is 3. The zero-order valence-corrected chi connectivity index (χ0v) is 24.1. The number of nitriles is 1. The highest BCUT2D eigenvalue weighted by molar-refractivity contribution is 7.98. The van der Waals surface area contributed by atoms with Crippen LogP contribution in [0, 0.1) is 17.2 Å². The van der Waals surface area contributed by atoms with Crippen LogP contribution in [0.5, 0.6) is 0 Å². The lowest BCUT2D eigenvalue weighted by Gasteiger charge is -2.33. The fourth-order valence-electron chi connectivity index (χ4n) is 4.21. The minimum atomic E-state index is -3.84. The molecule has 1 amide bonds. The molecule has 0 atom stereocenters. The van der Waals surface area contributed by atoms with Gasteiger partial charge in [-0.15, -0.1) is 0 Å². The topological polar surface area (TPSA) is 156 Å². The molecule has 13 heteroatoms. The summed E-state index contributed by atoms with van der Waals surface area (Å²) in [6.07, 6.45) is 0.930. The number of nitrogens with one attached hydrogen (secondary N) is 1. The molecule has 3 rings (SSSR count). The number of pyridine rings is 1. The molecule has 1 aromatic carbocycles. The number of piperidine rings is 1. The minimum absolute atomic E-state index is 0.161. The van der Waals surface area contributed by atoms with Gasteiger partial charge in [0, 0.05) is 30.5 Å². The largest absolute Gasteiger partial charge is 0.469 e. The maximum atomic E-state index is 12.8. The highest BCUT2D eigenvalue weighted by atomic mass is 32.2. The van der Waals surface area contributed by atoms with Crippen molar-refractivity contribution >= 4 is 45.4 Å². The molecule has 0 radical (unpaired) electrons. The van der Waals surface area contributed by atoms with E-state index in [1.807, 2.05) is 4.90 Å². The lowest BCUT2D eigenvalue weighted by atomic mass is 9.96. The average molecular weight is 589 g/mol. The van der Waals surface area contributed by atoms with Gasteiger partial charge in [-0.1, -0.05) is 30.3 Å². The molecule has 40 heavy (non-hydrogen) atoms. The normalized spacial score (nSPS) is 13.8. The molecule has 2 heterocycles. The first-order chi connectivity index (χ1) is 19.2. The van der Waals surface area contributed by atoms with Gasteiger partial charge < -0.3 is 14.4 Å². The third kappa shape index (κ3) is 8.69. The number of sulfonamides is 1. The first-order valence-electron chi connectivity index (χ1n) is 12.8. The van der Waals surface area contributed by atoms with E-state index in [-0.39, 0.29) is 35.9 Å². The van der Waals surface area contributed by atoms with Gasteiger partial charge in [0.2, 0.25) is 15.9 Å². The predicted molar refractivity (Wildman–Crippen MR) is 150 cm³/mol. The first-order valence-corrected chi connectivity index (χ1v) is 15.6. The quantitative estimate of drug-likeness (QED) is 0.287. The number of amides is 1. The fourth-order valence-corrected chi connectivity index (χ4v) is 6.25. The average Bonchev–Trinajstić information content (AvgIpc) is 2.95. The number of benzene rings is 1. The second-order valence-electron chi connectivity index (χ2n) is 9.04. The van der Waals surface area contributed by atoms with Crippen LogP contribution in [0.25, 0.3) is 0 Å². The number of anilines is 1. The molecule has 214 valence electrons.